The maximum atomic E-state index is 13.9. The highest BCUT2D eigenvalue weighted by molar-refractivity contribution is 7.09. The molecular weight excluding hydrogens is 474 g/mol. The molecular formula is C24H30ClN5O3S. The first-order valence-corrected chi connectivity index (χ1v) is 12.7. The van der Waals surface area contributed by atoms with E-state index in [0.29, 0.717) is 66.2 Å². The standard InChI is InChI=1S/C24H30ClN5O3S/c1-5-18-20(29-24(23-27-10-11-34-23)14-26-13-19(24)33-7-3)22(31)30(6-2)21(28-18)16-9-8-15(32-4)12-17(16)25/h8-12,19,26,29H,5-7,13-14H2,1-4H3/t19-,24+/m0/s1. The molecule has 1 aromatic carbocycles. The van der Waals surface area contributed by atoms with Gasteiger partial charge in [0.15, 0.2) is 0 Å². The van der Waals surface area contributed by atoms with Gasteiger partial charge in [-0.3, -0.25) is 9.36 Å². The molecule has 0 bridgehead atoms. The second-order valence-electron chi connectivity index (χ2n) is 8.01. The molecule has 0 saturated carbocycles. The van der Waals surface area contributed by atoms with Crippen LogP contribution in [0.15, 0.2) is 34.6 Å². The van der Waals surface area contributed by atoms with Gasteiger partial charge in [-0.25, -0.2) is 9.97 Å². The van der Waals surface area contributed by atoms with E-state index in [1.807, 2.05) is 38.3 Å². The SMILES string of the molecule is CCO[C@H]1CNC[C@]1(Nc1c(CC)nc(-c2ccc(OC)cc2Cl)n(CC)c1=O)c1nccs1. The van der Waals surface area contributed by atoms with Gasteiger partial charge < -0.3 is 20.1 Å². The molecule has 1 aliphatic rings. The fourth-order valence-electron chi connectivity index (χ4n) is 4.43. The summed E-state index contributed by atoms with van der Waals surface area (Å²) in [6.07, 6.45) is 2.17. The second kappa shape index (κ2) is 10.4. The summed E-state index contributed by atoms with van der Waals surface area (Å²) in [5.74, 6) is 1.19. The lowest BCUT2D eigenvalue weighted by Gasteiger charge is -2.35. The Bertz CT molecular complexity index is 1200. The summed E-state index contributed by atoms with van der Waals surface area (Å²) >= 11 is 8.11. The highest BCUT2D eigenvalue weighted by atomic mass is 35.5. The average molecular weight is 504 g/mol. The molecule has 1 aliphatic heterocycles. The average Bonchev–Trinajstić information content (AvgIpc) is 3.52. The zero-order valence-electron chi connectivity index (χ0n) is 19.9. The number of halogens is 1. The number of aromatic nitrogens is 3. The van der Waals surface area contributed by atoms with Gasteiger partial charge in [-0.1, -0.05) is 18.5 Å². The Labute approximate surface area is 208 Å². The number of hydrogen-bond donors (Lipinski definition) is 2. The Hall–Kier alpha value is -2.46. The van der Waals surface area contributed by atoms with Crippen LogP contribution in [-0.4, -0.2) is 47.4 Å². The van der Waals surface area contributed by atoms with Crippen molar-refractivity contribution in [3.8, 4) is 17.1 Å². The molecule has 8 nitrogen and oxygen atoms in total. The summed E-state index contributed by atoms with van der Waals surface area (Å²) in [5.41, 5.74) is 1.03. The van der Waals surface area contributed by atoms with Crippen molar-refractivity contribution in [2.75, 3.05) is 32.1 Å². The van der Waals surface area contributed by atoms with Gasteiger partial charge in [-0.15, -0.1) is 11.3 Å². The summed E-state index contributed by atoms with van der Waals surface area (Å²) in [7, 11) is 1.59. The number of nitrogens with one attached hydrogen (secondary N) is 2. The maximum Gasteiger partial charge on any atom is 0.277 e. The van der Waals surface area contributed by atoms with Crippen molar-refractivity contribution in [1.82, 2.24) is 19.9 Å². The first kappa shape index (κ1) is 24.7. The van der Waals surface area contributed by atoms with Crippen LogP contribution in [0.3, 0.4) is 0 Å². The zero-order chi connectivity index (χ0) is 24.3. The lowest BCUT2D eigenvalue weighted by molar-refractivity contribution is 0.0396. The van der Waals surface area contributed by atoms with E-state index in [9.17, 15) is 4.79 Å². The first-order valence-electron chi connectivity index (χ1n) is 11.5. The van der Waals surface area contributed by atoms with E-state index < -0.39 is 5.54 Å². The number of aryl methyl sites for hydroxylation is 1. The van der Waals surface area contributed by atoms with Crippen molar-refractivity contribution in [3.05, 3.63) is 55.9 Å². The Kier molecular flexibility index (Phi) is 7.57. The van der Waals surface area contributed by atoms with Crippen LogP contribution >= 0.6 is 22.9 Å². The van der Waals surface area contributed by atoms with Crippen molar-refractivity contribution in [3.63, 3.8) is 0 Å². The van der Waals surface area contributed by atoms with Crippen molar-refractivity contribution in [2.24, 2.45) is 0 Å². The molecule has 2 N–H and O–H groups in total. The topological polar surface area (TPSA) is 90.3 Å². The maximum absolute atomic E-state index is 13.9. The molecule has 0 unspecified atom stereocenters. The van der Waals surface area contributed by atoms with Gasteiger partial charge in [-0.2, -0.15) is 0 Å². The second-order valence-corrected chi connectivity index (χ2v) is 9.32. The Morgan fingerprint density at radius 2 is 2.18 bits per heavy atom. The van der Waals surface area contributed by atoms with Crippen LogP contribution in [0.1, 0.15) is 31.5 Å². The molecule has 2 atom stereocenters. The fourth-order valence-corrected chi connectivity index (χ4v) is 5.52. The van der Waals surface area contributed by atoms with E-state index in [4.69, 9.17) is 26.1 Å². The van der Waals surface area contributed by atoms with Crippen LogP contribution in [0.2, 0.25) is 5.02 Å². The molecule has 3 aromatic rings. The van der Waals surface area contributed by atoms with Crippen molar-refractivity contribution >= 4 is 28.6 Å². The van der Waals surface area contributed by atoms with Gasteiger partial charge >= 0.3 is 0 Å². The molecule has 182 valence electrons. The van der Waals surface area contributed by atoms with Crippen LogP contribution in [0.5, 0.6) is 5.75 Å². The summed E-state index contributed by atoms with van der Waals surface area (Å²) < 4.78 is 13.0. The molecule has 0 amide bonds. The van der Waals surface area contributed by atoms with Crippen LogP contribution in [0.4, 0.5) is 5.69 Å². The molecule has 0 aliphatic carbocycles. The van der Waals surface area contributed by atoms with E-state index in [-0.39, 0.29) is 11.7 Å². The molecule has 0 radical (unpaired) electrons. The molecule has 4 rings (SSSR count). The third-order valence-electron chi connectivity index (χ3n) is 6.13. The van der Waals surface area contributed by atoms with Crippen molar-refractivity contribution < 1.29 is 9.47 Å². The number of anilines is 1. The van der Waals surface area contributed by atoms with E-state index >= 15 is 0 Å². The minimum atomic E-state index is -0.667. The lowest BCUT2D eigenvalue weighted by atomic mass is 9.95. The fraction of sp³-hybridized carbons (Fsp3) is 0.458. The van der Waals surface area contributed by atoms with Gasteiger partial charge in [0.2, 0.25) is 0 Å². The minimum absolute atomic E-state index is 0.144. The van der Waals surface area contributed by atoms with Gasteiger partial charge in [0, 0.05) is 43.4 Å². The summed E-state index contributed by atoms with van der Waals surface area (Å²) in [6, 6.07) is 5.39. The smallest absolute Gasteiger partial charge is 0.277 e. The summed E-state index contributed by atoms with van der Waals surface area (Å²) in [5, 5.41) is 10.3. The molecule has 1 fully saturated rings. The molecule has 0 spiro atoms. The Balaban J connectivity index is 1.87. The third kappa shape index (κ3) is 4.33. The number of nitrogens with zero attached hydrogens (tertiary/aromatic N) is 3. The van der Waals surface area contributed by atoms with Gasteiger partial charge in [0.1, 0.15) is 33.9 Å². The third-order valence-corrected chi connectivity index (χ3v) is 7.39. The van der Waals surface area contributed by atoms with Crippen molar-refractivity contribution in [2.45, 2.75) is 45.4 Å². The van der Waals surface area contributed by atoms with Crippen LogP contribution in [0.25, 0.3) is 11.4 Å². The van der Waals surface area contributed by atoms with E-state index in [0.717, 1.165) is 5.01 Å². The number of hydrogen-bond acceptors (Lipinski definition) is 8. The number of methoxy groups -OCH3 is 1. The minimum Gasteiger partial charge on any atom is -0.497 e. The molecule has 2 aromatic heterocycles. The quantitative estimate of drug-likeness (QED) is 0.457. The molecule has 10 heteroatoms. The number of thiazole rings is 1. The van der Waals surface area contributed by atoms with Crippen molar-refractivity contribution in [1.29, 1.82) is 0 Å². The normalized spacial score (nSPS) is 20.0. The van der Waals surface area contributed by atoms with Gasteiger partial charge in [0.25, 0.3) is 5.56 Å². The predicted molar refractivity (Wildman–Crippen MR) is 136 cm³/mol. The number of ether oxygens (including phenoxy) is 2. The van der Waals surface area contributed by atoms with Crippen LogP contribution in [-0.2, 0) is 23.2 Å². The number of benzene rings is 1. The van der Waals surface area contributed by atoms with E-state index in [1.54, 1.807) is 35.3 Å². The number of rotatable bonds is 9. The molecule has 1 saturated heterocycles. The largest absolute Gasteiger partial charge is 0.497 e. The monoisotopic (exact) mass is 503 g/mol. The lowest BCUT2D eigenvalue weighted by Crippen LogP contribution is -2.49. The molecule has 34 heavy (non-hydrogen) atoms. The van der Waals surface area contributed by atoms with Crippen LogP contribution < -0.4 is 20.9 Å². The highest BCUT2D eigenvalue weighted by Gasteiger charge is 2.48. The van der Waals surface area contributed by atoms with E-state index in [1.165, 1.54) is 0 Å². The summed E-state index contributed by atoms with van der Waals surface area (Å²) in [6.45, 7) is 8.15. The zero-order valence-corrected chi connectivity index (χ0v) is 21.4. The predicted octanol–water partition coefficient (Wildman–Crippen LogP) is 3.93. The summed E-state index contributed by atoms with van der Waals surface area (Å²) in [4.78, 5) is 23.4. The highest BCUT2D eigenvalue weighted by Crippen LogP contribution is 2.36. The first-order chi connectivity index (χ1) is 16.5. The molecule has 3 heterocycles. The van der Waals surface area contributed by atoms with Gasteiger partial charge in [-0.05, 0) is 38.5 Å². The van der Waals surface area contributed by atoms with Crippen LogP contribution in [0, 0.1) is 0 Å². The Morgan fingerprint density at radius 3 is 2.79 bits per heavy atom. The Morgan fingerprint density at radius 1 is 1.35 bits per heavy atom. The van der Waals surface area contributed by atoms with E-state index in [2.05, 4.69) is 15.6 Å². The van der Waals surface area contributed by atoms with Gasteiger partial charge in [0.05, 0.1) is 17.8 Å².